The molecule has 2 nitrogen and oxygen atoms in total. The van der Waals surface area contributed by atoms with Crippen LogP contribution < -0.4 is 5.73 Å². The van der Waals surface area contributed by atoms with Crippen LogP contribution in [0.15, 0.2) is 24.3 Å². The number of likely N-dealkylation sites (tertiary alicyclic amines) is 1. The fourth-order valence-electron chi connectivity index (χ4n) is 2.62. The first kappa shape index (κ1) is 9.37. The second-order valence-corrected chi connectivity index (χ2v) is 5.17. The van der Waals surface area contributed by atoms with Crippen LogP contribution in [0.25, 0.3) is 0 Å². The summed E-state index contributed by atoms with van der Waals surface area (Å²) in [5.41, 5.74) is 9.06. The Labute approximate surface area is 91.1 Å². The van der Waals surface area contributed by atoms with Gasteiger partial charge in [0.25, 0.3) is 0 Å². The van der Waals surface area contributed by atoms with Crippen molar-refractivity contribution in [1.29, 1.82) is 0 Å². The van der Waals surface area contributed by atoms with Gasteiger partial charge in [-0.05, 0) is 29.4 Å². The zero-order chi connectivity index (χ0) is 10.3. The van der Waals surface area contributed by atoms with E-state index in [-0.39, 0.29) is 0 Å². The van der Waals surface area contributed by atoms with E-state index in [1.807, 2.05) is 0 Å². The smallest absolute Gasteiger partial charge is 0.0234 e. The van der Waals surface area contributed by atoms with Gasteiger partial charge in [-0.15, -0.1) is 0 Å². The molecule has 0 unspecified atom stereocenters. The van der Waals surface area contributed by atoms with E-state index in [0.717, 1.165) is 12.0 Å². The third kappa shape index (κ3) is 1.80. The third-order valence-electron chi connectivity index (χ3n) is 3.71. The largest absolute Gasteiger partial charge is 0.326 e. The van der Waals surface area contributed by atoms with E-state index in [2.05, 4.69) is 29.2 Å². The van der Waals surface area contributed by atoms with Crippen LogP contribution in [0.1, 0.15) is 24.0 Å². The molecule has 0 bridgehead atoms. The molecule has 0 aromatic heterocycles. The van der Waals surface area contributed by atoms with Gasteiger partial charge in [0.15, 0.2) is 0 Å². The van der Waals surface area contributed by atoms with Gasteiger partial charge in [-0.25, -0.2) is 0 Å². The van der Waals surface area contributed by atoms with Gasteiger partial charge in [0.1, 0.15) is 0 Å². The Morgan fingerprint density at radius 2 is 1.93 bits per heavy atom. The van der Waals surface area contributed by atoms with Gasteiger partial charge in [-0.2, -0.15) is 0 Å². The summed E-state index contributed by atoms with van der Waals surface area (Å²) in [5, 5.41) is 0. The summed E-state index contributed by atoms with van der Waals surface area (Å²) in [5.74, 6) is 0. The summed E-state index contributed by atoms with van der Waals surface area (Å²) in [6, 6.07) is 8.65. The Morgan fingerprint density at radius 1 is 1.20 bits per heavy atom. The minimum atomic E-state index is 0.651. The Bertz CT molecular complexity index is 361. The molecule has 0 amide bonds. The van der Waals surface area contributed by atoms with Gasteiger partial charge >= 0.3 is 0 Å². The Hall–Kier alpha value is -0.860. The van der Waals surface area contributed by atoms with Crippen molar-refractivity contribution in [3.63, 3.8) is 0 Å². The predicted octanol–water partition coefficient (Wildman–Crippen LogP) is 1.74. The van der Waals surface area contributed by atoms with Crippen molar-refractivity contribution in [2.45, 2.75) is 25.9 Å². The monoisotopic (exact) mass is 202 g/mol. The lowest BCUT2D eigenvalue weighted by molar-refractivity contribution is 0.0739. The van der Waals surface area contributed by atoms with E-state index in [4.69, 9.17) is 5.73 Å². The lowest BCUT2D eigenvalue weighted by Gasteiger charge is -2.40. The number of benzene rings is 1. The van der Waals surface area contributed by atoms with Crippen molar-refractivity contribution in [2.75, 3.05) is 13.1 Å². The van der Waals surface area contributed by atoms with Gasteiger partial charge in [0, 0.05) is 26.2 Å². The van der Waals surface area contributed by atoms with Crippen LogP contribution in [0, 0.1) is 5.41 Å². The van der Waals surface area contributed by atoms with E-state index >= 15 is 0 Å². The van der Waals surface area contributed by atoms with Gasteiger partial charge < -0.3 is 5.73 Å². The molecule has 15 heavy (non-hydrogen) atoms. The second-order valence-electron chi connectivity index (χ2n) is 5.17. The number of nitrogens with two attached hydrogens (primary N) is 1. The molecule has 80 valence electrons. The molecule has 2 heteroatoms. The molecule has 1 aromatic rings. The first-order valence-corrected chi connectivity index (χ1v) is 5.80. The van der Waals surface area contributed by atoms with E-state index in [1.165, 1.54) is 37.1 Å². The van der Waals surface area contributed by atoms with Gasteiger partial charge in [-0.1, -0.05) is 24.3 Å². The molecular formula is C13H18N2. The number of rotatable bonds is 3. The average Bonchev–Trinajstić information content (AvgIpc) is 2.98. The highest BCUT2D eigenvalue weighted by Crippen LogP contribution is 2.53. The molecule has 0 atom stereocenters. The molecule has 1 aliphatic heterocycles. The number of nitrogens with zero attached hydrogens (tertiary/aromatic N) is 1. The molecule has 2 fully saturated rings. The van der Waals surface area contributed by atoms with Crippen molar-refractivity contribution in [1.82, 2.24) is 4.90 Å². The molecule has 3 rings (SSSR count). The maximum absolute atomic E-state index is 5.64. The molecule has 0 radical (unpaired) electrons. The first-order chi connectivity index (χ1) is 7.30. The minimum Gasteiger partial charge on any atom is -0.326 e. The summed E-state index contributed by atoms with van der Waals surface area (Å²) in [6.45, 7) is 4.40. The van der Waals surface area contributed by atoms with E-state index in [9.17, 15) is 0 Å². The fourth-order valence-corrected chi connectivity index (χ4v) is 2.62. The highest BCUT2D eigenvalue weighted by molar-refractivity contribution is 5.24. The molecule has 1 aromatic carbocycles. The highest BCUT2D eigenvalue weighted by atomic mass is 15.2. The topological polar surface area (TPSA) is 29.3 Å². The standard InChI is InChI=1S/C13H18N2/c14-7-11-2-1-3-12(6-11)8-15-9-13(10-15)4-5-13/h1-3,6H,4-5,7-10,14H2. The molecule has 1 heterocycles. The SMILES string of the molecule is NCc1cccc(CN2CC3(CC3)C2)c1. The maximum Gasteiger partial charge on any atom is 0.0234 e. The molecule has 1 saturated carbocycles. The molecule has 2 N–H and O–H groups in total. The third-order valence-corrected chi connectivity index (χ3v) is 3.71. The Morgan fingerprint density at radius 3 is 2.60 bits per heavy atom. The van der Waals surface area contributed by atoms with Crippen LogP contribution in [-0.4, -0.2) is 18.0 Å². The van der Waals surface area contributed by atoms with Crippen LogP contribution in [0.5, 0.6) is 0 Å². The molecule has 1 saturated heterocycles. The first-order valence-electron chi connectivity index (χ1n) is 5.80. The van der Waals surface area contributed by atoms with Crippen LogP contribution in [0.2, 0.25) is 0 Å². The number of hydrogen-bond donors (Lipinski definition) is 1. The van der Waals surface area contributed by atoms with E-state index in [1.54, 1.807) is 0 Å². The summed E-state index contributed by atoms with van der Waals surface area (Å²) in [4.78, 5) is 2.54. The zero-order valence-electron chi connectivity index (χ0n) is 9.08. The second kappa shape index (κ2) is 3.32. The molecular weight excluding hydrogens is 184 g/mol. The van der Waals surface area contributed by atoms with Gasteiger partial charge in [-0.3, -0.25) is 4.90 Å². The van der Waals surface area contributed by atoms with Crippen molar-refractivity contribution < 1.29 is 0 Å². The van der Waals surface area contributed by atoms with Crippen LogP contribution in [0.4, 0.5) is 0 Å². The van der Waals surface area contributed by atoms with Crippen LogP contribution in [0.3, 0.4) is 0 Å². The summed E-state index contributed by atoms with van der Waals surface area (Å²) in [6.07, 6.45) is 2.93. The molecule has 1 aliphatic carbocycles. The highest BCUT2D eigenvalue weighted by Gasteiger charge is 2.51. The van der Waals surface area contributed by atoms with Crippen molar-refractivity contribution in [3.8, 4) is 0 Å². The van der Waals surface area contributed by atoms with E-state index < -0.39 is 0 Å². The number of hydrogen-bond acceptors (Lipinski definition) is 2. The zero-order valence-corrected chi connectivity index (χ0v) is 9.08. The molecule has 2 aliphatic rings. The average molecular weight is 202 g/mol. The fraction of sp³-hybridized carbons (Fsp3) is 0.538. The Balaban J connectivity index is 1.61. The van der Waals surface area contributed by atoms with Crippen molar-refractivity contribution >= 4 is 0 Å². The van der Waals surface area contributed by atoms with Crippen molar-refractivity contribution in [3.05, 3.63) is 35.4 Å². The lowest BCUT2D eigenvalue weighted by Crippen LogP contribution is -2.47. The van der Waals surface area contributed by atoms with Crippen LogP contribution in [-0.2, 0) is 13.1 Å². The molecule has 1 spiro atoms. The van der Waals surface area contributed by atoms with Crippen molar-refractivity contribution in [2.24, 2.45) is 11.1 Å². The Kier molecular flexibility index (Phi) is 2.08. The normalized spacial score (nSPS) is 22.7. The quantitative estimate of drug-likeness (QED) is 0.809. The summed E-state index contributed by atoms with van der Waals surface area (Å²) in [7, 11) is 0. The van der Waals surface area contributed by atoms with Gasteiger partial charge in [0.2, 0.25) is 0 Å². The predicted molar refractivity (Wildman–Crippen MR) is 61.3 cm³/mol. The van der Waals surface area contributed by atoms with E-state index in [0.29, 0.717) is 6.54 Å². The van der Waals surface area contributed by atoms with Gasteiger partial charge in [0.05, 0.1) is 0 Å². The summed E-state index contributed by atoms with van der Waals surface area (Å²) < 4.78 is 0. The lowest BCUT2D eigenvalue weighted by atomic mass is 9.96. The summed E-state index contributed by atoms with van der Waals surface area (Å²) >= 11 is 0. The van der Waals surface area contributed by atoms with Crippen LogP contribution >= 0.6 is 0 Å². The minimum absolute atomic E-state index is 0.651. The maximum atomic E-state index is 5.64.